The smallest absolute Gasteiger partial charge is 0.425 e. The summed E-state index contributed by atoms with van der Waals surface area (Å²) in [5.74, 6) is -1.90. The molecule has 0 N–H and O–H groups in total. The second-order valence-electron chi connectivity index (χ2n) is 7.46. The molecule has 1 heterocycles. The molecule has 11 heteroatoms. The van der Waals surface area contributed by atoms with Gasteiger partial charge in [0.25, 0.3) is 5.56 Å². The Hall–Kier alpha value is -2.62. The molecule has 0 unspecified atom stereocenters. The highest BCUT2D eigenvalue weighted by Gasteiger charge is 2.35. The van der Waals surface area contributed by atoms with Gasteiger partial charge < -0.3 is 4.74 Å². The molecule has 168 valence electrons. The van der Waals surface area contributed by atoms with E-state index < -0.39 is 40.6 Å². The van der Waals surface area contributed by atoms with E-state index in [4.69, 9.17) is 16.3 Å². The van der Waals surface area contributed by atoms with Gasteiger partial charge in [-0.15, -0.1) is 0 Å². The number of carbonyl (C=O) groups excluding carboxylic acids is 1. The van der Waals surface area contributed by atoms with Crippen molar-refractivity contribution in [3.8, 4) is 11.4 Å². The number of nitrogens with zero attached hydrogens (tertiary/aromatic N) is 2. The Kier molecular flexibility index (Phi) is 6.59. The zero-order valence-electron chi connectivity index (χ0n) is 16.5. The van der Waals surface area contributed by atoms with E-state index in [1.165, 1.54) is 0 Å². The van der Waals surface area contributed by atoms with Crippen LogP contribution in [0.2, 0.25) is 5.02 Å². The molecule has 0 aliphatic heterocycles. The second-order valence-corrected chi connectivity index (χ2v) is 7.87. The average Bonchev–Trinajstić information content (AvgIpc) is 2.68. The molecular formula is C20H19ClF4N2O4. The SMILES string of the molecule is Cn1c(C(F)(F)F)cc(=O)n(-c2cc(OC(=O)CC3CCCCC3)c(Cl)cc2F)c1=O. The maximum Gasteiger partial charge on any atom is 0.431 e. The van der Waals surface area contributed by atoms with E-state index in [2.05, 4.69) is 0 Å². The molecule has 1 saturated carbocycles. The van der Waals surface area contributed by atoms with Crippen LogP contribution < -0.4 is 16.0 Å². The summed E-state index contributed by atoms with van der Waals surface area (Å²) in [6.07, 6.45) is 0.0765. The van der Waals surface area contributed by atoms with E-state index in [-0.39, 0.29) is 38.3 Å². The normalized spacial score (nSPS) is 15.2. The Morgan fingerprint density at radius 1 is 1.16 bits per heavy atom. The molecule has 1 aliphatic rings. The summed E-state index contributed by atoms with van der Waals surface area (Å²) in [5, 5.41) is -0.282. The van der Waals surface area contributed by atoms with Crippen molar-refractivity contribution in [1.29, 1.82) is 0 Å². The summed E-state index contributed by atoms with van der Waals surface area (Å²) >= 11 is 5.94. The number of aromatic nitrogens is 2. The maximum atomic E-state index is 14.5. The molecule has 3 rings (SSSR count). The standard InChI is InChI=1S/C20H19ClF4N2O4/c1-26-16(20(23,24)25)10-17(28)27(19(26)30)14-9-15(12(21)8-13(14)22)31-18(29)7-11-5-3-2-4-6-11/h8-11H,2-7H2,1H3. The highest BCUT2D eigenvalue weighted by atomic mass is 35.5. The van der Waals surface area contributed by atoms with Crippen molar-refractivity contribution < 1.29 is 27.1 Å². The third-order valence-corrected chi connectivity index (χ3v) is 5.55. The van der Waals surface area contributed by atoms with Gasteiger partial charge in [-0.2, -0.15) is 13.2 Å². The van der Waals surface area contributed by atoms with Crippen molar-refractivity contribution >= 4 is 17.6 Å². The topological polar surface area (TPSA) is 70.3 Å². The fourth-order valence-corrected chi connectivity index (χ4v) is 3.87. The van der Waals surface area contributed by atoms with Gasteiger partial charge >= 0.3 is 17.8 Å². The predicted octanol–water partition coefficient (Wildman–Crippen LogP) is 4.22. The summed E-state index contributed by atoms with van der Waals surface area (Å²) in [6, 6.07) is 1.76. The van der Waals surface area contributed by atoms with Crippen molar-refractivity contribution in [2.24, 2.45) is 13.0 Å². The Balaban J connectivity index is 1.98. The molecule has 31 heavy (non-hydrogen) atoms. The van der Waals surface area contributed by atoms with Crippen molar-refractivity contribution in [3.63, 3.8) is 0 Å². The van der Waals surface area contributed by atoms with Crippen LogP contribution in [-0.2, 0) is 18.0 Å². The summed E-state index contributed by atoms with van der Waals surface area (Å²) < 4.78 is 59.2. The summed E-state index contributed by atoms with van der Waals surface area (Å²) in [6.45, 7) is 0. The number of carbonyl (C=O) groups is 1. The lowest BCUT2D eigenvalue weighted by atomic mass is 9.87. The minimum atomic E-state index is -4.95. The Labute approximate surface area is 179 Å². The molecule has 1 aromatic heterocycles. The van der Waals surface area contributed by atoms with Gasteiger partial charge in [-0.05, 0) is 24.8 Å². The van der Waals surface area contributed by atoms with E-state index in [0.29, 0.717) is 0 Å². The van der Waals surface area contributed by atoms with Crippen LogP contribution in [-0.4, -0.2) is 15.1 Å². The van der Waals surface area contributed by atoms with Gasteiger partial charge in [0, 0.05) is 25.6 Å². The molecule has 1 fully saturated rings. The zero-order chi connectivity index (χ0) is 22.9. The van der Waals surface area contributed by atoms with E-state index in [1.807, 2.05) is 0 Å². The third kappa shape index (κ3) is 5.00. The second kappa shape index (κ2) is 8.86. The number of esters is 1. The van der Waals surface area contributed by atoms with Crippen LogP contribution in [0.15, 0.2) is 27.8 Å². The van der Waals surface area contributed by atoms with Crippen molar-refractivity contribution in [2.45, 2.75) is 44.7 Å². The first-order valence-corrected chi connectivity index (χ1v) is 9.97. The molecule has 0 saturated heterocycles. The van der Waals surface area contributed by atoms with Gasteiger partial charge in [0.15, 0.2) is 5.75 Å². The van der Waals surface area contributed by atoms with Crippen LogP contribution in [0.4, 0.5) is 17.6 Å². The summed E-state index contributed by atoms with van der Waals surface area (Å²) in [4.78, 5) is 36.9. The molecule has 0 atom stereocenters. The van der Waals surface area contributed by atoms with Gasteiger partial charge in [0.1, 0.15) is 11.5 Å². The monoisotopic (exact) mass is 462 g/mol. The van der Waals surface area contributed by atoms with Crippen molar-refractivity contribution in [2.75, 3.05) is 0 Å². The lowest BCUT2D eigenvalue weighted by Gasteiger charge is -2.20. The first kappa shape index (κ1) is 23.1. The highest BCUT2D eigenvalue weighted by molar-refractivity contribution is 6.32. The summed E-state index contributed by atoms with van der Waals surface area (Å²) in [5.41, 5.74) is -4.96. The first-order valence-electron chi connectivity index (χ1n) is 9.59. The van der Waals surface area contributed by atoms with E-state index in [9.17, 15) is 31.9 Å². The van der Waals surface area contributed by atoms with Gasteiger partial charge in [-0.3, -0.25) is 14.2 Å². The van der Waals surface area contributed by atoms with Crippen molar-refractivity contribution in [3.05, 3.63) is 55.6 Å². The maximum absolute atomic E-state index is 14.5. The molecule has 0 spiro atoms. The number of ether oxygens (including phenoxy) is 1. The first-order chi connectivity index (χ1) is 14.5. The summed E-state index contributed by atoms with van der Waals surface area (Å²) in [7, 11) is 0.806. The average molecular weight is 463 g/mol. The van der Waals surface area contributed by atoms with Gasteiger partial charge in [-0.1, -0.05) is 30.9 Å². The molecule has 0 bridgehead atoms. The van der Waals surface area contributed by atoms with E-state index in [0.717, 1.165) is 51.3 Å². The Bertz CT molecular complexity index is 1120. The van der Waals surface area contributed by atoms with Gasteiger partial charge in [-0.25, -0.2) is 13.8 Å². The van der Waals surface area contributed by atoms with Crippen molar-refractivity contribution in [1.82, 2.24) is 9.13 Å². The quantitative estimate of drug-likeness (QED) is 0.387. The molecule has 1 aromatic carbocycles. The van der Waals surface area contributed by atoms with Crippen LogP contribution in [0.1, 0.15) is 44.2 Å². The van der Waals surface area contributed by atoms with Crippen LogP contribution in [0.5, 0.6) is 5.75 Å². The molecule has 0 amide bonds. The minimum Gasteiger partial charge on any atom is -0.425 e. The van der Waals surface area contributed by atoms with Crippen LogP contribution in [0.25, 0.3) is 5.69 Å². The molecular weight excluding hydrogens is 444 g/mol. The largest absolute Gasteiger partial charge is 0.431 e. The van der Waals surface area contributed by atoms with Crippen LogP contribution in [0, 0.1) is 11.7 Å². The molecule has 2 aromatic rings. The predicted molar refractivity (Wildman–Crippen MR) is 104 cm³/mol. The van der Waals surface area contributed by atoms with Crippen LogP contribution in [0.3, 0.4) is 0 Å². The van der Waals surface area contributed by atoms with Gasteiger partial charge in [0.2, 0.25) is 0 Å². The number of hydrogen-bond acceptors (Lipinski definition) is 4. The lowest BCUT2D eigenvalue weighted by Crippen LogP contribution is -2.41. The Morgan fingerprint density at radius 3 is 2.42 bits per heavy atom. The lowest BCUT2D eigenvalue weighted by molar-refractivity contribution is -0.144. The molecule has 1 aliphatic carbocycles. The molecule has 0 radical (unpaired) electrons. The minimum absolute atomic E-state index is 0.130. The van der Waals surface area contributed by atoms with Gasteiger partial charge in [0.05, 0.1) is 10.7 Å². The van der Waals surface area contributed by atoms with E-state index >= 15 is 0 Å². The fourth-order valence-electron chi connectivity index (χ4n) is 3.68. The van der Waals surface area contributed by atoms with E-state index in [1.54, 1.807) is 0 Å². The third-order valence-electron chi connectivity index (χ3n) is 5.26. The number of benzene rings is 1. The number of alkyl halides is 3. The zero-order valence-corrected chi connectivity index (χ0v) is 17.2. The highest BCUT2D eigenvalue weighted by Crippen LogP contribution is 2.32. The number of hydrogen-bond donors (Lipinski definition) is 0. The number of halogens is 5. The fraction of sp³-hybridized carbons (Fsp3) is 0.450. The Morgan fingerprint density at radius 2 is 1.81 bits per heavy atom. The molecule has 6 nitrogen and oxygen atoms in total. The number of rotatable bonds is 4. The van der Waals surface area contributed by atoms with Crippen LogP contribution >= 0.6 is 11.6 Å².